The lowest BCUT2D eigenvalue weighted by atomic mass is 9.93. The molecule has 4 heteroatoms. The zero-order valence-electron chi connectivity index (χ0n) is 15.6. The van der Waals surface area contributed by atoms with Crippen molar-refractivity contribution in [3.63, 3.8) is 0 Å². The molecule has 0 N–H and O–H groups in total. The zero-order chi connectivity index (χ0) is 18.5. The lowest BCUT2D eigenvalue weighted by Crippen LogP contribution is -2.48. The maximum Gasteiger partial charge on any atom is 0.237 e. The van der Waals surface area contributed by atoms with Crippen LogP contribution in [-0.4, -0.2) is 17.4 Å². The van der Waals surface area contributed by atoms with Gasteiger partial charge in [-0.1, -0.05) is 31.2 Å². The molecule has 0 amide bonds. The SMILES string of the molecule is CCN=C([S-])[C@@H](C(=O)c1ccc(CC)cc1)[n+]1ccc2c(c1)CCCC2. The molecule has 1 aliphatic carbocycles. The number of pyridine rings is 1. The van der Waals surface area contributed by atoms with E-state index >= 15 is 0 Å². The summed E-state index contributed by atoms with van der Waals surface area (Å²) in [6.07, 6.45) is 9.70. The number of aromatic nitrogens is 1. The van der Waals surface area contributed by atoms with E-state index in [-0.39, 0.29) is 5.78 Å². The number of carbonyl (C=O) groups is 1. The van der Waals surface area contributed by atoms with Crippen LogP contribution in [0.4, 0.5) is 0 Å². The van der Waals surface area contributed by atoms with Gasteiger partial charge in [-0.05, 0) is 55.2 Å². The van der Waals surface area contributed by atoms with Crippen molar-refractivity contribution in [2.75, 3.05) is 6.54 Å². The van der Waals surface area contributed by atoms with Crippen LogP contribution in [0.2, 0.25) is 0 Å². The molecule has 0 fully saturated rings. The largest absolute Gasteiger partial charge is 0.758 e. The number of fused-ring (bicyclic) bond motifs is 1. The van der Waals surface area contributed by atoms with E-state index in [4.69, 9.17) is 12.6 Å². The lowest BCUT2D eigenvalue weighted by molar-refractivity contribution is -0.692. The zero-order valence-corrected chi connectivity index (χ0v) is 16.4. The number of hydrogen-bond donors (Lipinski definition) is 0. The Morgan fingerprint density at radius 2 is 1.81 bits per heavy atom. The number of ketones is 1. The van der Waals surface area contributed by atoms with Gasteiger partial charge in [0.05, 0.1) is 0 Å². The second-order valence-electron chi connectivity index (χ2n) is 6.78. The fraction of sp³-hybridized carbons (Fsp3) is 0.409. The van der Waals surface area contributed by atoms with Crippen LogP contribution in [0, 0.1) is 0 Å². The average Bonchev–Trinajstić information content (AvgIpc) is 2.68. The minimum atomic E-state index is -0.551. The summed E-state index contributed by atoms with van der Waals surface area (Å²) in [6, 6.07) is 9.43. The molecule has 3 rings (SSSR count). The molecule has 0 radical (unpaired) electrons. The van der Waals surface area contributed by atoms with E-state index in [9.17, 15) is 4.79 Å². The first-order chi connectivity index (χ1) is 12.6. The molecule has 1 heterocycles. The quantitative estimate of drug-likeness (QED) is 0.256. The highest BCUT2D eigenvalue weighted by Crippen LogP contribution is 2.20. The van der Waals surface area contributed by atoms with Crippen molar-refractivity contribution in [2.24, 2.45) is 4.99 Å². The molecule has 3 nitrogen and oxygen atoms in total. The third kappa shape index (κ3) is 4.01. The van der Waals surface area contributed by atoms with Gasteiger partial charge in [-0.25, -0.2) is 0 Å². The first kappa shape index (κ1) is 18.7. The Bertz CT molecular complexity index is 811. The standard InChI is InChI=1S/C22H26N2OS/c1-3-16-9-11-18(12-10-16)21(25)20(22(26)23-4-2)24-14-13-17-7-5-6-8-19(17)15-24/h9-15,20H,3-8H2,1-2H3/t20-/m1/s1. The van der Waals surface area contributed by atoms with Crippen LogP contribution < -0.4 is 4.57 Å². The maximum atomic E-state index is 13.3. The Morgan fingerprint density at radius 3 is 2.46 bits per heavy atom. The summed E-state index contributed by atoms with van der Waals surface area (Å²) in [7, 11) is 0. The molecule has 1 aromatic heterocycles. The summed E-state index contributed by atoms with van der Waals surface area (Å²) in [4.78, 5) is 17.6. The van der Waals surface area contributed by atoms with Crippen LogP contribution in [-0.2, 0) is 31.9 Å². The van der Waals surface area contributed by atoms with Crippen LogP contribution in [0.5, 0.6) is 0 Å². The number of Topliss-reactive ketones (excluding diaryl/α,β-unsaturated/α-hetero) is 1. The number of benzene rings is 1. The highest BCUT2D eigenvalue weighted by Gasteiger charge is 2.29. The molecule has 0 saturated carbocycles. The van der Waals surface area contributed by atoms with Crippen molar-refractivity contribution in [2.45, 2.75) is 52.0 Å². The second kappa shape index (κ2) is 8.54. The summed E-state index contributed by atoms with van der Waals surface area (Å²) in [5, 5.41) is 0.456. The van der Waals surface area contributed by atoms with Gasteiger partial charge in [0.2, 0.25) is 11.8 Å². The average molecular weight is 367 g/mol. The van der Waals surface area contributed by atoms with Crippen LogP contribution in [0.25, 0.3) is 0 Å². The first-order valence-electron chi connectivity index (χ1n) is 9.51. The number of aliphatic imine (C=N–C) groups is 1. The minimum absolute atomic E-state index is 0.00983. The first-order valence-corrected chi connectivity index (χ1v) is 9.92. The van der Waals surface area contributed by atoms with Gasteiger partial charge < -0.3 is 17.6 Å². The topological polar surface area (TPSA) is 33.3 Å². The second-order valence-corrected chi connectivity index (χ2v) is 7.20. The van der Waals surface area contributed by atoms with Crippen molar-refractivity contribution in [3.05, 3.63) is 65.0 Å². The Kier molecular flexibility index (Phi) is 6.15. The maximum absolute atomic E-state index is 13.3. The molecule has 0 spiro atoms. The molecule has 1 atom stereocenters. The number of nitrogens with zero attached hydrogens (tertiary/aromatic N) is 2. The van der Waals surface area contributed by atoms with Gasteiger partial charge in [0.1, 0.15) is 0 Å². The summed E-state index contributed by atoms with van der Waals surface area (Å²) in [5.74, 6) is 0.00983. The molecule has 26 heavy (non-hydrogen) atoms. The molecule has 1 aromatic carbocycles. The predicted octanol–water partition coefficient (Wildman–Crippen LogP) is 3.80. The summed E-state index contributed by atoms with van der Waals surface area (Å²) in [6.45, 7) is 4.64. The Labute approximate surface area is 161 Å². The fourth-order valence-corrected chi connectivity index (χ4v) is 3.89. The number of hydrogen-bond acceptors (Lipinski definition) is 3. The summed E-state index contributed by atoms with van der Waals surface area (Å²) >= 11 is 5.53. The van der Waals surface area contributed by atoms with Gasteiger partial charge in [0.25, 0.3) is 0 Å². The van der Waals surface area contributed by atoms with Crippen molar-refractivity contribution < 1.29 is 9.36 Å². The Balaban J connectivity index is 1.99. The van der Waals surface area contributed by atoms with Gasteiger partial charge in [-0.2, -0.15) is 4.57 Å². The van der Waals surface area contributed by atoms with Gasteiger partial charge in [0, 0.05) is 23.7 Å². The third-order valence-electron chi connectivity index (χ3n) is 5.05. The summed E-state index contributed by atoms with van der Waals surface area (Å²) < 4.78 is 1.96. The number of aryl methyl sites for hydroxylation is 3. The van der Waals surface area contributed by atoms with E-state index in [0.717, 1.165) is 19.3 Å². The van der Waals surface area contributed by atoms with E-state index in [1.54, 1.807) is 0 Å². The van der Waals surface area contributed by atoms with Gasteiger partial charge in [-0.3, -0.25) is 4.79 Å². The number of rotatable bonds is 6. The van der Waals surface area contributed by atoms with Crippen LogP contribution in [0.1, 0.15) is 59.8 Å². The smallest absolute Gasteiger partial charge is 0.237 e. The van der Waals surface area contributed by atoms with E-state index in [0.29, 0.717) is 17.2 Å². The fourth-order valence-electron chi connectivity index (χ4n) is 3.53. The van der Waals surface area contributed by atoms with Crippen molar-refractivity contribution >= 4 is 23.5 Å². The molecular weight excluding hydrogens is 340 g/mol. The molecule has 2 aromatic rings. The summed E-state index contributed by atoms with van der Waals surface area (Å²) in [5.41, 5.74) is 4.63. The van der Waals surface area contributed by atoms with Crippen LogP contribution in [0.15, 0.2) is 47.7 Å². The molecule has 136 valence electrons. The van der Waals surface area contributed by atoms with Crippen LogP contribution >= 0.6 is 0 Å². The molecule has 0 bridgehead atoms. The Hall–Kier alpha value is -2.07. The molecular formula is C22H26N2OS. The normalized spacial score (nSPS) is 15.4. The monoisotopic (exact) mass is 366 g/mol. The van der Waals surface area contributed by atoms with Gasteiger partial charge in [-0.15, -0.1) is 0 Å². The van der Waals surface area contributed by atoms with Crippen molar-refractivity contribution in [1.29, 1.82) is 0 Å². The third-order valence-corrected chi connectivity index (χ3v) is 5.40. The minimum Gasteiger partial charge on any atom is -0.758 e. The molecule has 0 saturated heterocycles. The number of carbonyl (C=O) groups excluding carboxylic acids is 1. The van der Waals surface area contributed by atoms with E-state index in [2.05, 4.69) is 24.2 Å². The van der Waals surface area contributed by atoms with E-state index < -0.39 is 6.04 Å². The predicted molar refractivity (Wildman–Crippen MR) is 108 cm³/mol. The van der Waals surface area contributed by atoms with Crippen molar-refractivity contribution in [1.82, 2.24) is 0 Å². The van der Waals surface area contributed by atoms with Crippen molar-refractivity contribution in [3.8, 4) is 0 Å². The van der Waals surface area contributed by atoms with Gasteiger partial charge >= 0.3 is 0 Å². The van der Waals surface area contributed by atoms with E-state index in [1.165, 1.54) is 29.5 Å². The highest BCUT2D eigenvalue weighted by molar-refractivity contribution is 7.77. The molecule has 0 unspecified atom stereocenters. The molecule has 0 aliphatic heterocycles. The lowest BCUT2D eigenvalue weighted by Gasteiger charge is -2.21. The Morgan fingerprint density at radius 1 is 1.12 bits per heavy atom. The van der Waals surface area contributed by atoms with Crippen LogP contribution in [0.3, 0.4) is 0 Å². The van der Waals surface area contributed by atoms with Gasteiger partial charge in [0.15, 0.2) is 12.4 Å². The molecule has 1 aliphatic rings. The van der Waals surface area contributed by atoms with E-state index in [1.807, 2.05) is 42.0 Å². The highest BCUT2D eigenvalue weighted by atomic mass is 32.1.